The summed E-state index contributed by atoms with van der Waals surface area (Å²) >= 11 is 0. The Balaban J connectivity index is 2.20. The number of carbonyl (C=O) groups excluding carboxylic acids is 1. The molecule has 0 radical (unpaired) electrons. The van der Waals surface area contributed by atoms with E-state index < -0.39 is 16.1 Å². The highest BCUT2D eigenvalue weighted by molar-refractivity contribution is 7.87. The predicted octanol–water partition coefficient (Wildman–Crippen LogP) is 2.21. The zero-order valence-electron chi connectivity index (χ0n) is 9.16. The molecule has 0 saturated heterocycles. The molecule has 0 spiro atoms. The molecule has 2 aromatic rings. The third kappa shape index (κ3) is 1.60. The fourth-order valence-electron chi connectivity index (χ4n) is 1.91. The van der Waals surface area contributed by atoms with Crippen molar-refractivity contribution >= 4 is 16.1 Å². The van der Waals surface area contributed by atoms with Gasteiger partial charge in [0.1, 0.15) is 4.90 Å². The minimum Gasteiger partial charge on any atom is -0.338 e. The molecule has 1 aliphatic rings. The molecule has 2 aromatic carbocycles. The van der Waals surface area contributed by atoms with E-state index >= 15 is 0 Å². The Hall–Kier alpha value is -2.14. The molecule has 0 saturated carbocycles. The van der Waals surface area contributed by atoms with Gasteiger partial charge in [-0.1, -0.05) is 36.4 Å². The van der Waals surface area contributed by atoms with Crippen LogP contribution in [0.5, 0.6) is 0 Å². The molecule has 90 valence electrons. The first-order valence-corrected chi connectivity index (χ1v) is 6.67. The standard InChI is InChI=1S/C13H8O4S/c14-13-11-8-10(9-4-2-1-3-5-9)6-7-12(11)18(15,16)17-13/h1-8H. The zero-order valence-corrected chi connectivity index (χ0v) is 9.98. The first-order chi connectivity index (χ1) is 8.58. The lowest BCUT2D eigenvalue weighted by Gasteiger charge is -2.01. The molecule has 0 aromatic heterocycles. The Kier molecular flexibility index (Phi) is 2.24. The second-order valence-electron chi connectivity index (χ2n) is 3.90. The molecule has 5 heteroatoms. The third-order valence-electron chi connectivity index (χ3n) is 2.76. The number of hydrogen-bond donors (Lipinski definition) is 0. The van der Waals surface area contributed by atoms with E-state index in [1.807, 2.05) is 30.3 Å². The van der Waals surface area contributed by atoms with E-state index in [4.69, 9.17) is 0 Å². The first-order valence-electron chi connectivity index (χ1n) is 5.26. The molecule has 1 heterocycles. The summed E-state index contributed by atoms with van der Waals surface area (Å²) in [4.78, 5) is 11.4. The lowest BCUT2D eigenvalue weighted by molar-refractivity contribution is 0.0762. The van der Waals surface area contributed by atoms with Gasteiger partial charge in [-0.05, 0) is 23.3 Å². The smallest absolute Gasteiger partial charge is 0.338 e. The van der Waals surface area contributed by atoms with Gasteiger partial charge in [-0.25, -0.2) is 4.79 Å². The molecule has 0 aliphatic carbocycles. The van der Waals surface area contributed by atoms with Gasteiger partial charge < -0.3 is 4.18 Å². The molecule has 18 heavy (non-hydrogen) atoms. The van der Waals surface area contributed by atoms with Gasteiger partial charge in [0.05, 0.1) is 5.56 Å². The lowest BCUT2D eigenvalue weighted by Crippen LogP contribution is -1.99. The molecular formula is C13H8O4S. The predicted molar refractivity (Wildman–Crippen MR) is 64.5 cm³/mol. The van der Waals surface area contributed by atoms with Gasteiger partial charge in [-0.3, -0.25) is 0 Å². The molecular weight excluding hydrogens is 252 g/mol. The van der Waals surface area contributed by atoms with Gasteiger partial charge in [0.25, 0.3) is 0 Å². The minimum absolute atomic E-state index is 0.0628. The number of rotatable bonds is 1. The maximum atomic E-state index is 11.5. The molecule has 1 aliphatic heterocycles. The van der Waals surface area contributed by atoms with Crippen LogP contribution in [0.2, 0.25) is 0 Å². The van der Waals surface area contributed by atoms with Crippen LogP contribution in [0.3, 0.4) is 0 Å². The Morgan fingerprint density at radius 2 is 1.61 bits per heavy atom. The number of carbonyl (C=O) groups is 1. The Morgan fingerprint density at radius 1 is 0.889 bits per heavy atom. The number of fused-ring (bicyclic) bond motifs is 1. The molecule has 4 nitrogen and oxygen atoms in total. The van der Waals surface area contributed by atoms with Crippen LogP contribution in [0, 0.1) is 0 Å². The van der Waals surface area contributed by atoms with Gasteiger partial charge in [-0.2, -0.15) is 8.42 Å². The molecule has 0 N–H and O–H groups in total. The topological polar surface area (TPSA) is 60.4 Å². The van der Waals surface area contributed by atoms with E-state index in [1.165, 1.54) is 12.1 Å². The van der Waals surface area contributed by atoms with Gasteiger partial charge in [0, 0.05) is 0 Å². The van der Waals surface area contributed by atoms with Crippen LogP contribution in [0.15, 0.2) is 53.4 Å². The summed E-state index contributed by atoms with van der Waals surface area (Å²) in [6.07, 6.45) is 0. The van der Waals surface area contributed by atoms with Crippen molar-refractivity contribution in [3.8, 4) is 11.1 Å². The van der Waals surface area contributed by atoms with Crippen molar-refractivity contribution in [1.29, 1.82) is 0 Å². The second-order valence-corrected chi connectivity index (χ2v) is 5.42. The van der Waals surface area contributed by atoms with Crippen LogP contribution in [0.25, 0.3) is 11.1 Å². The summed E-state index contributed by atoms with van der Waals surface area (Å²) in [5.41, 5.74) is 1.79. The first kappa shape index (κ1) is 11.0. The molecule has 3 rings (SSSR count). The van der Waals surface area contributed by atoms with E-state index in [1.54, 1.807) is 6.07 Å². The maximum absolute atomic E-state index is 11.5. The summed E-state index contributed by atoms with van der Waals surface area (Å²) in [5, 5.41) is 0. The van der Waals surface area contributed by atoms with Gasteiger partial charge in [0.15, 0.2) is 0 Å². The molecule has 0 bridgehead atoms. The second kappa shape index (κ2) is 3.68. The van der Waals surface area contributed by atoms with Crippen molar-refractivity contribution in [2.75, 3.05) is 0 Å². The maximum Gasteiger partial charge on any atom is 0.355 e. The van der Waals surface area contributed by atoms with E-state index in [9.17, 15) is 13.2 Å². The highest BCUT2D eigenvalue weighted by Gasteiger charge is 2.35. The average Bonchev–Trinajstić information content (AvgIpc) is 2.61. The van der Waals surface area contributed by atoms with E-state index in [2.05, 4.69) is 4.18 Å². The minimum atomic E-state index is -3.90. The Morgan fingerprint density at radius 3 is 2.33 bits per heavy atom. The third-order valence-corrected chi connectivity index (χ3v) is 4.03. The number of benzene rings is 2. The molecule has 0 fully saturated rings. The summed E-state index contributed by atoms with van der Waals surface area (Å²) in [6.45, 7) is 0. The normalized spacial score (nSPS) is 16.1. The molecule has 0 unspecified atom stereocenters. The summed E-state index contributed by atoms with van der Waals surface area (Å²) in [5.74, 6) is -0.817. The van der Waals surface area contributed by atoms with Crippen molar-refractivity contribution in [1.82, 2.24) is 0 Å². The fraction of sp³-hybridized carbons (Fsp3) is 0. The van der Waals surface area contributed by atoms with Crippen molar-refractivity contribution in [3.05, 3.63) is 54.1 Å². The van der Waals surface area contributed by atoms with Crippen LogP contribution < -0.4 is 0 Å². The van der Waals surface area contributed by atoms with Crippen molar-refractivity contribution in [2.24, 2.45) is 0 Å². The van der Waals surface area contributed by atoms with Gasteiger partial charge in [0.2, 0.25) is 0 Å². The highest BCUT2D eigenvalue weighted by atomic mass is 32.2. The monoisotopic (exact) mass is 260 g/mol. The van der Waals surface area contributed by atoms with Crippen molar-refractivity contribution in [3.63, 3.8) is 0 Å². The Bertz CT molecular complexity index is 733. The van der Waals surface area contributed by atoms with E-state index in [0.29, 0.717) is 0 Å². The zero-order chi connectivity index (χ0) is 12.8. The largest absolute Gasteiger partial charge is 0.355 e. The summed E-state index contributed by atoms with van der Waals surface area (Å²) in [7, 11) is -3.90. The highest BCUT2D eigenvalue weighted by Crippen LogP contribution is 2.31. The summed E-state index contributed by atoms with van der Waals surface area (Å²) < 4.78 is 27.3. The lowest BCUT2D eigenvalue weighted by atomic mass is 10.0. The van der Waals surface area contributed by atoms with Crippen molar-refractivity contribution < 1.29 is 17.4 Å². The van der Waals surface area contributed by atoms with Crippen LogP contribution in [-0.4, -0.2) is 14.4 Å². The SMILES string of the molecule is O=C1OS(=O)(=O)c2ccc(-c3ccccc3)cc21. The average molecular weight is 260 g/mol. The van der Waals surface area contributed by atoms with Crippen LogP contribution in [0.1, 0.15) is 10.4 Å². The van der Waals surface area contributed by atoms with Gasteiger partial charge >= 0.3 is 16.1 Å². The fourth-order valence-corrected chi connectivity index (χ4v) is 2.93. The van der Waals surface area contributed by atoms with E-state index in [-0.39, 0.29) is 10.5 Å². The molecule has 0 atom stereocenters. The van der Waals surface area contributed by atoms with Crippen LogP contribution >= 0.6 is 0 Å². The van der Waals surface area contributed by atoms with Gasteiger partial charge in [-0.15, -0.1) is 0 Å². The number of hydrogen-bond acceptors (Lipinski definition) is 4. The van der Waals surface area contributed by atoms with Crippen LogP contribution in [0.4, 0.5) is 0 Å². The quantitative estimate of drug-likeness (QED) is 0.737. The summed E-state index contributed by atoms with van der Waals surface area (Å²) in [6, 6.07) is 14.0. The Labute approximate surface area is 104 Å². The molecule has 0 amide bonds. The van der Waals surface area contributed by atoms with Crippen LogP contribution in [-0.2, 0) is 14.3 Å². The van der Waals surface area contributed by atoms with E-state index in [0.717, 1.165) is 11.1 Å². The van der Waals surface area contributed by atoms with Crippen molar-refractivity contribution in [2.45, 2.75) is 4.90 Å².